The standard InChI is InChI=1S/C21H36F2O.C4H10.C2H2/c1-3-24-19-13-12-18(20(22)21(19)23)17-10-8-16(9-11-17)15-6-4-14(2)5-7-15;1-3-4-2;1-2/h14-21H,3-13H2,1-2H3;3-4H2,1-2H3;1-2H. The van der Waals surface area contributed by atoms with Crippen LogP contribution in [-0.2, 0) is 4.74 Å². The predicted molar refractivity (Wildman–Crippen MR) is 125 cm³/mol. The zero-order valence-electron chi connectivity index (χ0n) is 20.1. The van der Waals surface area contributed by atoms with E-state index < -0.39 is 18.4 Å². The smallest absolute Gasteiger partial charge is 0.157 e. The maximum atomic E-state index is 14.6. The van der Waals surface area contributed by atoms with Gasteiger partial charge in [-0.3, -0.25) is 0 Å². The summed E-state index contributed by atoms with van der Waals surface area (Å²) in [5, 5.41) is 0. The van der Waals surface area contributed by atoms with E-state index in [0.29, 0.717) is 18.9 Å². The Morgan fingerprint density at radius 3 is 1.60 bits per heavy atom. The molecule has 0 radical (unpaired) electrons. The summed E-state index contributed by atoms with van der Waals surface area (Å²) < 4.78 is 34.4. The monoisotopic (exact) mass is 426 g/mol. The zero-order valence-corrected chi connectivity index (χ0v) is 20.1. The number of terminal acetylenes is 1. The molecule has 0 bridgehead atoms. The fraction of sp³-hybridized carbons (Fsp3) is 0.926. The fourth-order valence-electron chi connectivity index (χ4n) is 5.80. The van der Waals surface area contributed by atoms with Gasteiger partial charge in [-0.2, -0.15) is 0 Å². The summed E-state index contributed by atoms with van der Waals surface area (Å²) in [6, 6.07) is 0. The first-order valence-corrected chi connectivity index (χ1v) is 12.7. The molecule has 0 aliphatic heterocycles. The molecule has 3 fully saturated rings. The summed E-state index contributed by atoms with van der Waals surface area (Å²) in [5.74, 6) is 3.01. The molecule has 0 aromatic heterocycles. The number of rotatable bonds is 5. The molecular weight excluding hydrogens is 378 g/mol. The van der Waals surface area contributed by atoms with Crippen LogP contribution >= 0.6 is 0 Å². The van der Waals surface area contributed by atoms with Crippen molar-refractivity contribution in [3.05, 3.63) is 0 Å². The first kappa shape index (κ1) is 27.4. The van der Waals surface area contributed by atoms with Crippen LogP contribution in [0.2, 0.25) is 0 Å². The summed E-state index contributed by atoms with van der Waals surface area (Å²) in [5.41, 5.74) is 0. The Bertz CT molecular complexity index is 433. The van der Waals surface area contributed by atoms with Gasteiger partial charge in [0, 0.05) is 6.61 Å². The predicted octanol–water partition coefficient (Wildman–Crippen LogP) is 8.17. The minimum Gasteiger partial charge on any atom is -0.375 e. The maximum absolute atomic E-state index is 14.6. The lowest BCUT2D eigenvalue weighted by Gasteiger charge is -2.43. The van der Waals surface area contributed by atoms with Crippen LogP contribution in [0.1, 0.15) is 105 Å². The Balaban J connectivity index is 0.000000673. The average Bonchev–Trinajstić information content (AvgIpc) is 2.79. The summed E-state index contributed by atoms with van der Waals surface area (Å²) in [6.07, 6.45) is 19.2. The average molecular weight is 427 g/mol. The van der Waals surface area contributed by atoms with Gasteiger partial charge in [0.15, 0.2) is 6.17 Å². The highest BCUT2D eigenvalue weighted by atomic mass is 19.2. The fourth-order valence-corrected chi connectivity index (χ4v) is 5.80. The summed E-state index contributed by atoms with van der Waals surface area (Å²) in [7, 11) is 0. The molecule has 30 heavy (non-hydrogen) atoms. The third-order valence-electron chi connectivity index (χ3n) is 7.88. The second-order valence-corrected chi connectivity index (χ2v) is 9.82. The molecule has 1 nitrogen and oxygen atoms in total. The van der Waals surface area contributed by atoms with Gasteiger partial charge in [-0.15, -0.1) is 12.8 Å². The van der Waals surface area contributed by atoms with Crippen molar-refractivity contribution in [2.24, 2.45) is 29.6 Å². The summed E-state index contributed by atoms with van der Waals surface area (Å²) in [4.78, 5) is 0. The van der Waals surface area contributed by atoms with Crippen molar-refractivity contribution in [2.75, 3.05) is 6.61 Å². The Labute approximate surface area is 186 Å². The van der Waals surface area contributed by atoms with E-state index in [0.717, 1.165) is 37.0 Å². The molecule has 0 spiro atoms. The molecule has 4 atom stereocenters. The topological polar surface area (TPSA) is 9.23 Å². The van der Waals surface area contributed by atoms with Crippen LogP contribution in [0.4, 0.5) is 8.78 Å². The zero-order chi connectivity index (χ0) is 22.5. The number of alkyl halides is 2. The van der Waals surface area contributed by atoms with E-state index in [4.69, 9.17) is 4.74 Å². The van der Waals surface area contributed by atoms with Crippen molar-refractivity contribution >= 4 is 0 Å². The molecule has 0 aromatic rings. The SMILES string of the molecule is C#C.CCCC.CCOC1CCC(C2CCC(C3CCC(C)CC3)CC2)C(F)C1F. The largest absolute Gasteiger partial charge is 0.375 e. The van der Waals surface area contributed by atoms with Gasteiger partial charge in [-0.25, -0.2) is 8.78 Å². The van der Waals surface area contributed by atoms with Crippen LogP contribution in [0.25, 0.3) is 0 Å². The maximum Gasteiger partial charge on any atom is 0.157 e. The summed E-state index contributed by atoms with van der Waals surface area (Å²) in [6.45, 7) is 9.08. The van der Waals surface area contributed by atoms with Gasteiger partial charge >= 0.3 is 0 Å². The van der Waals surface area contributed by atoms with Gasteiger partial charge in [-0.1, -0.05) is 46.5 Å². The normalized spacial score (nSPS) is 39.1. The second kappa shape index (κ2) is 15.2. The molecule has 0 saturated heterocycles. The molecule has 4 unspecified atom stereocenters. The molecule has 0 aromatic carbocycles. The quantitative estimate of drug-likeness (QED) is 0.403. The lowest BCUT2D eigenvalue weighted by Crippen LogP contribution is -2.46. The van der Waals surface area contributed by atoms with Crippen LogP contribution < -0.4 is 0 Å². The van der Waals surface area contributed by atoms with Crippen molar-refractivity contribution in [3.8, 4) is 12.8 Å². The number of hydrogen-bond acceptors (Lipinski definition) is 1. The molecular formula is C27H48F2O. The van der Waals surface area contributed by atoms with Crippen LogP contribution in [0.5, 0.6) is 0 Å². The van der Waals surface area contributed by atoms with Gasteiger partial charge in [-0.05, 0) is 87.9 Å². The first-order valence-electron chi connectivity index (χ1n) is 12.7. The van der Waals surface area contributed by atoms with E-state index in [1.54, 1.807) is 0 Å². The van der Waals surface area contributed by atoms with E-state index in [-0.39, 0.29) is 5.92 Å². The van der Waals surface area contributed by atoms with Crippen LogP contribution in [0, 0.1) is 42.4 Å². The number of halogens is 2. The van der Waals surface area contributed by atoms with Crippen molar-refractivity contribution in [2.45, 2.75) is 123 Å². The van der Waals surface area contributed by atoms with Gasteiger partial charge in [0.1, 0.15) is 6.17 Å². The third kappa shape index (κ3) is 8.14. The minimum absolute atomic E-state index is 0.0657. The van der Waals surface area contributed by atoms with E-state index in [1.807, 2.05) is 6.92 Å². The van der Waals surface area contributed by atoms with Crippen molar-refractivity contribution in [1.82, 2.24) is 0 Å². The van der Waals surface area contributed by atoms with E-state index in [9.17, 15) is 8.78 Å². The van der Waals surface area contributed by atoms with Gasteiger partial charge < -0.3 is 4.74 Å². The van der Waals surface area contributed by atoms with Crippen molar-refractivity contribution < 1.29 is 13.5 Å². The van der Waals surface area contributed by atoms with Crippen molar-refractivity contribution in [3.63, 3.8) is 0 Å². The molecule has 176 valence electrons. The van der Waals surface area contributed by atoms with E-state index in [1.165, 1.54) is 51.4 Å². The molecule has 0 N–H and O–H groups in total. The second-order valence-electron chi connectivity index (χ2n) is 9.82. The first-order chi connectivity index (χ1) is 14.5. The molecule has 0 amide bonds. The van der Waals surface area contributed by atoms with Crippen LogP contribution in [0.15, 0.2) is 0 Å². The van der Waals surface area contributed by atoms with Crippen molar-refractivity contribution in [1.29, 1.82) is 0 Å². The lowest BCUT2D eigenvalue weighted by atomic mass is 9.65. The Hall–Kier alpha value is -0.620. The van der Waals surface area contributed by atoms with E-state index >= 15 is 0 Å². The molecule has 3 saturated carbocycles. The Morgan fingerprint density at radius 1 is 0.667 bits per heavy atom. The number of unbranched alkanes of at least 4 members (excludes halogenated alkanes) is 1. The highest BCUT2D eigenvalue weighted by molar-refractivity contribution is 4.93. The van der Waals surface area contributed by atoms with Gasteiger partial charge in [0.25, 0.3) is 0 Å². The third-order valence-corrected chi connectivity index (χ3v) is 7.88. The van der Waals surface area contributed by atoms with Gasteiger partial charge in [0.2, 0.25) is 0 Å². The number of hydrogen-bond donors (Lipinski definition) is 0. The van der Waals surface area contributed by atoms with Gasteiger partial charge in [0.05, 0.1) is 6.10 Å². The Kier molecular flexibility index (Phi) is 13.9. The van der Waals surface area contributed by atoms with Crippen LogP contribution in [-0.4, -0.2) is 25.1 Å². The Morgan fingerprint density at radius 2 is 1.13 bits per heavy atom. The molecule has 0 heterocycles. The summed E-state index contributed by atoms with van der Waals surface area (Å²) >= 11 is 0. The van der Waals surface area contributed by atoms with Crippen LogP contribution in [0.3, 0.4) is 0 Å². The molecule has 3 aliphatic rings. The molecule has 3 heteroatoms. The van der Waals surface area contributed by atoms with E-state index in [2.05, 4.69) is 33.6 Å². The number of ether oxygens (including phenoxy) is 1. The lowest BCUT2D eigenvalue weighted by molar-refractivity contribution is -0.0851. The highest BCUT2D eigenvalue weighted by Crippen LogP contribution is 2.46. The molecule has 3 aliphatic carbocycles. The minimum atomic E-state index is -1.42. The molecule has 3 rings (SSSR count). The highest BCUT2D eigenvalue weighted by Gasteiger charge is 2.44.